The van der Waals surface area contributed by atoms with E-state index in [0.717, 1.165) is 12.1 Å². The summed E-state index contributed by atoms with van der Waals surface area (Å²) in [6, 6.07) is 8.13. The van der Waals surface area contributed by atoms with Gasteiger partial charge in [-0.3, -0.25) is 4.90 Å². The van der Waals surface area contributed by atoms with Crippen molar-refractivity contribution in [3.63, 3.8) is 0 Å². The van der Waals surface area contributed by atoms with E-state index in [4.69, 9.17) is 4.74 Å². The van der Waals surface area contributed by atoms with Crippen molar-refractivity contribution in [1.29, 1.82) is 0 Å². The summed E-state index contributed by atoms with van der Waals surface area (Å²) in [4.78, 5) is 13.2. The zero-order chi connectivity index (χ0) is 10.1. The number of para-hydroxylation sites is 1. The summed E-state index contributed by atoms with van der Waals surface area (Å²) in [5.41, 5.74) is 2.19. The second-order valence-electron chi connectivity index (χ2n) is 3.52. The minimum Gasteiger partial charge on any atom is -0.452 e. The van der Waals surface area contributed by atoms with Gasteiger partial charge in [-0.2, -0.15) is 0 Å². The average Bonchev–Trinajstić information content (AvgIpc) is 2.53. The van der Waals surface area contributed by atoms with Gasteiger partial charge in [-0.1, -0.05) is 18.2 Å². The maximum atomic E-state index is 11.5. The molecule has 0 saturated heterocycles. The lowest BCUT2D eigenvalue weighted by molar-refractivity contribution is 0.177. The Morgan fingerprint density at radius 3 is 2.93 bits per heavy atom. The fourth-order valence-corrected chi connectivity index (χ4v) is 1.94. The number of nitrogens with zero attached hydrogens (tertiary/aromatic N) is 1. The first kappa shape index (κ1) is 9.06. The SMILES string of the molecule is COC(=O)N1c2ccccc2CC1C. The Morgan fingerprint density at radius 2 is 2.21 bits per heavy atom. The highest BCUT2D eigenvalue weighted by atomic mass is 16.5. The number of carbonyl (C=O) groups excluding carboxylic acids is 1. The van der Waals surface area contributed by atoms with E-state index < -0.39 is 0 Å². The maximum Gasteiger partial charge on any atom is 0.414 e. The summed E-state index contributed by atoms with van der Waals surface area (Å²) in [7, 11) is 1.41. The second-order valence-corrected chi connectivity index (χ2v) is 3.52. The van der Waals surface area contributed by atoms with Gasteiger partial charge in [-0.25, -0.2) is 4.79 Å². The number of hydrogen-bond acceptors (Lipinski definition) is 2. The molecule has 1 aromatic carbocycles. The maximum absolute atomic E-state index is 11.5. The molecule has 0 aliphatic carbocycles. The van der Waals surface area contributed by atoms with E-state index in [1.807, 2.05) is 25.1 Å². The number of benzene rings is 1. The Hall–Kier alpha value is -1.51. The number of fused-ring (bicyclic) bond motifs is 1. The monoisotopic (exact) mass is 191 g/mol. The van der Waals surface area contributed by atoms with Gasteiger partial charge in [-0.05, 0) is 25.0 Å². The van der Waals surface area contributed by atoms with Gasteiger partial charge >= 0.3 is 6.09 Å². The molecule has 1 aliphatic rings. The van der Waals surface area contributed by atoms with Crippen LogP contribution in [0.5, 0.6) is 0 Å². The van der Waals surface area contributed by atoms with E-state index in [0.29, 0.717) is 0 Å². The Balaban J connectivity index is 2.39. The van der Waals surface area contributed by atoms with Crippen molar-refractivity contribution in [2.75, 3.05) is 12.0 Å². The summed E-state index contributed by atoms with van der Waals surface area (Å²) in [5.74, 6) is 0. The molecule has 74 valence electrons. The Bertz CT molecular complexity index is 362. The molecule has 0 spiro atoms. The largest absolute Gasteiger partial charge is 0.452 e. The third-order valence-electron chi connectivity index (χ3n) is 2.58. The predicted octanol–water partition coefficient (Wildman–Crippen LogP) is 2.20. The van der Waals surface area contributed by atoms with E-state index in [9.17, 15) is 4.79 Å². The molecule has 0 fully saturated rings. The smallest absolute Gasteiger partial charge is 0.414 e. The number of carbonyl (C=O) groups is 1. The Labute approximate surface area is 83.3 Å². The van der Waals surface area contributed by atoms with Crippen molar-refractivity contribution < 1.29 is 9.53 Å². The van der Waals surface area contributed by atoms with Crippen LogP contribution < -0.4 is 4.90 Å². The van der Waals surface area contributed by atoms with Crippen LogP contribution in [0.3, 0.4) is 0 Å². The summed E-state index contributed by atoms with van der Waals surface area (Å²) in [6.45, 7) is 2.02. The van der Waals surface area contributed by atoms with Crippen molar-refractivity contribution >= 4 is 11.8 Å². The van der Waals surface area contributed by atoms with Crippen molar-refractivity contribution in [2.45, 2.75) is 19.4 Å². The number of hydrogen-bond donors (Lipinski definition) is 0. The van der Waals surface area contributed by atoms with Crippen LogP contribution >= 0.6 is 0 Å². The molecule has 0 aromatic heterocycles. The third-order valence-corrected chi connectivity index (χ3v) is 2.58. The predicted molar refractivity (Wildman–Crippen MR) is 54.5 cm³/mol. The highest BCUT2D eigenvalue weighted by Gasteiger charge is 2.30. The molecule has 1 unspecified atom stereocenters. The molecule has 1 atom stereocenters. The molecule has 3 nitrogen and oxygen atoms in total. The molecule has 1 heterocycles. The number of methoxy groups -OCH3 is 1. The first-order valence-corrected chi connectivity index (χ1v) is 4.69. The normalized spacial score (nSPS) is 19.3. The van der Waals surface area contributed by atoms with E-state index in [1.165, 1.54) is 12.7 Å². The average molecular weight is 191 g/mol. The lowest BCUT2D eigenvalue weighted by Crippen LogP contribution is -2.35. The number of ether oxygens (including phenoxy) is 1. The Kier molecular flexibility index (Phi) is 2.15. The molecule has 3 heteroatoms. The summed E-state index contributed by atoms with van der Waals surface area (Å²) in [6.07, 6.45) is 0.633. The fraction of sp³-hybridized carbons (Fsp3) is 0.364. The van der Waals surface area contributed by atoms with Crippen LogP contribution in [0.1, 0.15) is 12.5 Å². The second kappa shape index (κ2) is 3.33. The van der Waals surface area contributed by atoms with Gasteiger partial charge in [0.05, 0.1) is 12.8 Å². The lowest BCUT2D eigenvalue weighted by Gasteiger charge is -2.20. The zero-order valence-corrected chi connectivity index (χ0v) is 8.36. The molecule has 0 radical (unpaired) electrons. The number of amides is 1. The number of anilines is 1. The minimum absolute atomic E-state index is 0.194. The topological polar surface area (TPSA) is 29.5 Å². The number of rotatable bonds is 0. The first-order valence-electron chi connectivity index (χ1n) is 4.69. The lowest BCUT2D eigenvalue weighted by atomic mass is 10.1. The van der Waals surface area contributed by atoms with E-state index in [-0.39, 0.29) is 12.1 Å². The summed E-state index contributed by atoms with van der Waals surface area (Å²) < 4.78 is 4.75. The van der Waals surface area contributed by atoms with Crippen LogP contribution in [0.25, 0.3) is 0 Å². The van der Waals surface area contributed by atoms with Gasteiger partial charge in [0.1, 0.15) is 0 Å². The van der Waals surface area contributed by atoms with Crippen LogP contribution in [0, 0.1) is 0 Å². The minimum atomic E-state index is -0.276. The molecule has 0 saturated carbocycles. The van der Waals surface area contributed by atoms with E-state index in [1.54, 1.807) is 4.90 Å². The zero-order valence-electron chi connectivity index (χ0n) is 8.36. The summed E-state index contributed by atoms with van der Waals surface area (Å²) >= 11 is 0. The molecule has 1 aromatic rings. The van der Waals surface area contributed by atoms with Crippen LogP contribution in [-0.2, 0) is 11.2 Å². The van der Waals surface area contributed by atoms with Crippen LogP contribution in [-0.4, -0.2) is 19.2 Å². The quantitative estimate of drug-likeness (QED) is 0.629. The van der Waals surface area contributed by atoms with Crippen molar-refractivity contribution in [1.82, 2.24) is 0 Å². The molecular weight excluding hydrogens is 178 g/mol. The van der Waals surface area contributed by atoms with E-state index >= 15 is 0 Å². The molecule has 0 N–H and O–H groups in total. The highest BCUT2D eigenvalue weighted by Crippen LogP contribution is 2.31. The standard InChI is InChI=1S/C11H13NO2/c1-8-7-9-5-3-4-6-10(9)12(8)11(13)14-2/h3-6,8H,7H2,1-2H3. The summed E-state index contributed by atoms with van der Waals surface area (Å²) in [5, 5.41) is 0. The van der Waals surface area contributed by atoms with E-state index in [2.05, 4.69) is 6.07 Å². The van der Waals surface area contributed by atoms with Gasteiger partial charge in [0.25, 0.3) is 0 Å². The molecular formula is C11H13NO2. The van der Waals surface area contributed by atoms with Gasteiger partial charge in [-0.15, -0.1) is 0 Å². The molecule has 1 aliphatic heterocycles. The molecule has 14 heavy (non-hydrogen) atoms. The van der Waals surface area contributed by atoms with Crippen LogP contribution in [0.2, 0.25) is 0 Å². The fourth-order valence-electron chi connectivity index (χ4n) is 1.94. The highest BCUT2D eigenvalue weighted by molar-refractivity contribution is 5.91. The Morgan fingerprint density at radius 1 is 1.50 bits per heavy atom. The van der Waals surface area contributed by atoms with Gasteiger partial charge in [0.2, 0.25) is 0 Å². The van der Waals surface area contributed by atoms with Gasteiger partial charge < -0.3 is 4.74 Å². The third kappa shape index (κ3) is 1.25. The van der Waals surface area contributed by atoms with Crippen LogP contribution in [0.4, 0.5) is 10.5 Å². The van der Waals surface area contributed by atoms with Crippen LogP contribution in [0.15, 0.2) is 24.3 Å². The molecule has 0 bridgehead atoms. The van der Waals surface area contributed by atoms with Crippen molar-refractivity contribution in [3.8, 4) is 0 Å². The molecule has 1 amide bonds. The van der Waals surface area contributed by atoms with Gasteiger partial charge in [0, 0.05) is 6.04 Å². The first-order chi connectivity index (χ1) is 6.74. The van der Waals surface area contributed by atoms with Crippen molar-refractivity contribution in [2.24, 2.45) is 0 Å². The molecule has 2 rings (SSSR count). The van der Waals surface area contributed by atoms with Crippen molar-refractivity contribution in [3.05, 3.63) is 29.8 Å². The van der Waals surface area contributed by atoms with Gasteiger partial charge in [0.15, 0.2) is 0 Å².